The lowest BCUT2D eigenvalue weighted by atomic mass is 10.1. The molecular weight excluding hydrogens is 248 g/mol. The fourth-order valence-electron chi connectivity index (χ4n) is 1.59. The third kappa shape index (κ3) is 4.40. The predicted molar refractivity (Wildman–Crippen MR) is 74.3 cm³/mol. The third-order valence-corrected chi connectivity index (χ3v) is 2.88. The molecule has 1 amide bonds. The van der Waals surface area contributed by atoms with Gasteiger partial charge in [0.2, 0.25) is 5.91 Å². The van der Waals surface area contributed by atoms with E-state index in [0.717, 1.165) is 5.56 Å². The molecule has 1 rings (SSSR count). The maximum atomic E-state index is 11.6. The lowest BCUT2D eigenvalue weighted by molar-refractivity contribution is -0.122. The van der Waals surface area contributed by atoms with Gasteiger partial charge in [0.15, 0.2) is 0 Å². The Morgan fingerprint density at radius 2 is 2.00 bits per heavy atom. The molecule has 2 atom stereocenters. The molecule has 0 bridgehead atoms. The Morgan fingerprint density at radius 1 is 1.39 bits per heavy atom. The number of hydrogen-bond acceptors (Lipinski definition) is 2. The smallest absolute Gasteiger partial charge is 0.237 e. The fraction of sp³-hybridized carbons (Fsp3) is 0.357. The molecule has 1 unspecified atom stereocenters. The van der Waals surface area contributed by atoms with Crippen LogP contribution in [0.25, 0.3) is 0 Å². The molecular formula is C14H17ClN2O. The van der Waals surface area contributed by atoms with Gasteiger partial charge in [-0.15, -0.1) is 6.42 Å². The normalized spacial score (nSPS) is 13.4. The molecule has 0 spiro atoms. The fourth-order valence-corrected chi connectivity index (χ4v) is 1.72. The number of nitrogens with one attached hydrogen (secondary N) is 2. The van der Waals surface area contributed by atoms with Crippen LogP contribution in [0.2, 0.25) is 5.02 Å². The first-order chi connectivity index (χ1) is 8.54. The summed E-state index contributed by atoms with van der Waals surface area (Å²) in [5.74, 6) is 2.27. The van der Waals surface area contributed by atoms with Crippen LogP contribution in [0.4, 0.5) is 0 Å². The summed E-state index contributed by atoms with van der Waals surface area (Å²) in [7, 11) is 0. The van der Waals surface area contributed by atoms with E-state index in [2.05, 4.69) is 16.6 Å². The highest BCUT2D eigenvalue weighted by Gasteiger charge is 2.15. The van der Waals surface area contributed by atoms with Crippen LogP contribution in [0.3, 0.4) is 0 Å². The van der Waals surface area contributed by atoms with Crippen molar-refractivity contribution in [2.45, 2.75) is 25.9 Å². The van der Waals surface area contributed by atoms with Gasteiger partial charge in [0.25, 0.3) is 0 Å². The van der Waals surface area contributed by atoms with E-state index < -0.39 is 0 Å². The first kappa shape index (κ1) is 14.6. The summed E-state index contributed by atoms with van der Waals surface area (Å²) >= 11 is 5.83. The summed E-state index contributed by atoms with van der Waals surface area (Å²) in [6, 6.07) is 7.30. The van der Waals surface area contributed by atoms with Gasteiger partial charge in [-0.1, -0.05) is 29.7 Å². The number of terminal acetylenes is 1. The second-order valence-corrected chi connectivity index (χ2v) is 4.52. The monoisotopic (exact) mass is 264 g/mol. The molecule has 4 heteroatoms. The van der Waals surface area contributed by atoms with Crippen molar-refractivity contribution < 1.29 is 4.79 Å². The van der Waals surface area contributed by atoms with Crippen LogP contribution in [-0.4, -0.2) is 18.5 Å². The van der Waals surface area contributed by atoms with Gasteiger partial charge in [-0.05, 0) is 31.5 Å². The highest BCUT2D eigenvalue weighted by molar-refractivity contribution is 6.30. The molecule has 96 valence electrons. The maximum Gasteiger partial charge on any atom is 0.237 e. The number of carbonyl (C=O) groups is 1. The highest BCUT2D eigenvalue weighted by Crippen LogP contribution is 2.16. The Balaban J connectivity index is 2.54. The molecule has 0 radical (unpaired) electrons. The SMILES string of the molecule is C#CCNC(=O)C(C)N[C@@H](C)c1ccc(Cl)cc1. The average Bonchev–Trinajstić information content (AvgIpc) is 2.36. The summed E-state index contributed by atoms with van der Waals surface area (Å²) in [5, 5.41) is 6.54. The molecule has 3 nitrogen and oxygen atoms in total. The van der Waals surface area contributed by atoms with E-state index in [1.807, 2.05) is 31.2 Å². The summed E-state index contributed by atoms with van der Waals surface area (Å²) < 4.78 is 0. The number of rotatable bonds is 5. The molecule has 0 aliphatic rings. The Labute approximate surface area is 113 Å². The van der Waals surface area contributed by atoms with Crippen LogP contribution >= 0.6 is 11.6 Å². The van der Waals surface area contributed by atoms with Gasteiger partial charge in [0, 0.05) is 11.1 Å². The van der Waals surface area contributed by atoms with Gasteiger partial charge in [-0.25, -0.2) is 0 Å². The summed E-state index contributed by atoms with van der Waals surface area (Å²) in [5.41, 5.74) is 1.08. The molecule has 18 heavy (non-hydrogen) atoms. The van der Waals surface area contributed by atoms with Crippen LogP contribution in [0.5, 0.6) is 0 Å². The second kappa shape index (κ2) is 7.05. The molecule has 2 N–H and O–H groups in total. The molecule has 0 saturated heterocycles. The highest BCUT2D eigenvalue weighted by atomic mass is 35.5. The Kier molecular flexibility index (Phi) is 5.70. The molecule has 1 aromatic rings. The van der Waals surface area contributed by atoms with Crippen LogP contribution in [0.1, 0.15) is 25.5 Å². The van der Waals surface area contributed by atoms with E-state index >= 15 is 0 Å². The maximum absolute atomic E-state index is 11.6. The van der Waals surface area contributed by atoms with Crippen molar-refractivity contribution in [1.82, 2.24) is 10.6 Å². The zero-order valence-electron chi connectivity index (χ0n) is 10.5. The number of amides is 1. The van der Waals surface area contributed by atoms with Crippen LogP contribution in [-0.2, 0) is 4.79 Å². The summed E-state index contributed by atoms with van der Waals surface area (Å²) in [4.78, 5) is 11.6. The zero-order chi connectivity index (χ0) is 13.5. The van der Waals surface area contributed by atoms with Crippen LogP contribution in [0, 0.1) is 12.3 Å². The Hall–Kier alpha value is -1.50. The van der Waals surface area contributed by atoms with Crippen molar-refractivity contribution in [3.8, 4) is 12.3 Å². The van der Waals surface area contributed by atoms with Crippen LogP contribution in [0.15, 0.2) is 24.3 Å². The standard InChI is InChI=1S/C14H17ClN2O/c1-4-9-16-14(18)11(3)17-10(2)12-5-7-13(15)8-6-12/h1,5-8,10-11,17H,9H2,2-3H3,(H,16,18)/t10-,11?/m0/s1. The van der Waals surface area contributed by atoms with Gasteiger partial charge < -0.3 is 5.32 Å². The van der Waals surface area contributed by atoms with Gasteiger partial charge in [0.1, 0.15) is 0 Å². The second-order valence-electron chi connectivity index (χ2n) is 4.08. The van der Waals surface area contributed by atoms with Gasteiger partial charge in [-0.2, -0.15) is 0 Å². The molecule has 0 aliphatic carbocycles. The molecule has 0 aromatic heterocycles. The van der Waals surface area contributed by atoms with Crippen molar-refractivity contribution in [2.75, 3.05) is 6.54 Å². The van der Waals surface area contributed by atoms with E-state index in [9.17, 15) is 4.79 Å². The van der Waals surface area contributed by atoms with Crippen LogP contribution < -0.4 is 10.6 Å². The summed E-state index contributed by atoms with van der Waals surface area (Å²) in [6.45, 7) is 4.05. The Bertz CT molecular complexity index is 436. The van der Waals surface area contributed by atoms with E-state index in [1.165, 1.54) is 0 Å². The molecule has 0 aliphatic heterocycles. The number of hydrogen-bond donors (Lipinski definition) is 2. The largest absolute Gasteiger partial charge is 0.344 e. The first-order valence-electron chi connectivity index (χ1n) is 5.77. The third-order valence-electron chi connectivity index (χ3n) is 2.63. The van der Waals surface area contributed by atoms with Gasteiger partial charge in [-0.3, -0.25) is 10.1 Å². The topological polar surface area (TPSA) is 41.1 Å². The van der Waals surface area contributed by atoms with E-state index in [0.29, 0.717) is 5.02 Å². The minimum absolute atomic E-state index is 0.0638. The lowest BCUT2D eigenvalue weighted by Crippen LogP contribution is -2.43. The summed E-state index contributed by atoms with van der Waals surface area (Å²) in [6.07, 6.45) is 5.09. The molecule has 1 aromatic carbocycles. The molecule has 0 heterocycles. The van der Waals surface area contributed by atoms with Crippen molar-refractivity contribution in [1.29, 1.82) is 0 Å². The van der Waals surface area contributed by atoms with Gasteiger partial charge in [0.05, 0.1) is 12.6 Å². The van der Waals surface area contributed by atoms with Crippen molar-refractivity contribution in [3.63, 3.8) is 0 Å². The zero-order valence-corrected chi connectivity index (χ0v) is 11.3. The number of benzene rings is 1. The average molecular weight is 265 g/mol. The van der Waals surface area contributed by atoms with E-state index in [4.69, 9.17) is 18.0 Å². The number of halogens is 1. The van der Waals surface area contributed by atoms with Crippen molar-refractivity contribution >= 4 is 17.5 Å². The van der Waals surface area contributed by atoms with E-state index in [-0.39, 0.29) is 24.5 Å². The first-order valence-corrected chi connectivity index (χ1v) is 6.15. The minimum Gasteiger partial charge on any atom is -0.344 e. The molecule has 0 fully saturated rings. The number of carbonyl (C=O) groups excluding carboxylic acids is 1. The van der Waals surface area contributed by atoms with Crippen molar-refractivity contribution in [3.05, 3.63) is 34.9 Å². The quantitative estimate of drug-likeness (QED) is 0.800. The Morgan fingerprint density at radius 3 is 2.56 bits per heavy atom. The molecule has 0 saturated carbocycles. The predicted octanol–water partition coefficient (Wildman–Crippen LogP) is 2.13. The van der Waals surface area contributed by atoms with Gasteiger partial charge >= 0.3 is 0 Å². The van der Waals surface area contributed by atoms with Crippen molar-refractivity contribution in [2.24, 2.45) is 0 Å². The minimum atomic E-state index is -0.302. The lowest BCUT2D eigenvalue weighted by Gasteiger charge is -2.19. The van der Waals surface area contributed by atoms with E-state index in [1.54, 1.807) is 6.92 Å².